The average molecular weight is 336 g/mol. The number of ether oxygens (including phenoxy) is 4. The van der Waals surface area contributed by atoms with E-state index in [2.05, 4.69) is 6.58 Å². The molecule has 2 aliphatic heterocycles. The standard InChI is InChI=1S/C18H24O6/c1-4-5-12-7-17(23-11(3)20)9-16(21-10(2)19)24-18(17)8-15-14(22-15)6-13(12)18/h4,12-16H,1,5-9H2,2-3H3/t12-,13-,14-,15+,16+,17+,18-/m1/s1. The van der Waals surface area contributed by atoms with Crippen molar-refractivity contribution in [3.63, 3.8) is 0 Å². The normalized spacial score (nSPS) is 48.0. The summed E-state index contributed by atoms with van der Waals surface area (Å²) >= 11 is 0. The number of carbonyl (C=O) groups is 2. The number of epoxide rings is 1. The maximum Gasteiger partial charge on any atom is 0.304 e. The van der Waals surface area contributed by atoms with E-state index in [4.69, 9.17) is 18.9 Å². The molecule has 2 saturated carbocycles. The van der Waals surface area contributed by atoms with Gasteiger partial charge in [-0.15, -0.1) is 6.58 Å². The van der Waals surface area contributed by atoms with Gasteiger partial charge >= 0.3 is 11.9 Å². The van der Waals surface area contributed by atoms with Gasteiger partial charge in [0.15, 0.2) is 0 Å². The summed E-state index contributed by atoms with van der Waals surface area (Å²) in [5, 5.41) is 0. The van der Waals surface area contributed by atoms with Gasteiger partial charge < -0.3 is 18.9 Å². The molecular formula is C18H24O6. The summed E-state index contributed by atoms with van der Waals surface area (Å²) in [4.78, 5) is 23.3. The van der Waals surface area contributed by atoms with Crippen LogP contribution in [0.4, 0.5) is 0 Å². The molecule has 0 amide bonds. The predicted molar refractivity (Wildman–Crippen MR) is 82.8 cm³/mol. The fraction of sp³-hybridized carbons (Fsp3) is 0.778. The first-order chi connectivity index (χ1) is 11.4. The minimum absolute atomic E-state index is 0.162. The Morgan fingerprint density at radius 2 is 2.00 bits per heavy atom. The van der Waals surface area contributed by atoms with Crippen LogP contribution in [0.2, 0.25) is 0 Å². The molecule has 4 fully saturated rings. The highest BCUT2D eigenvalue weighted by Gasteiger charge is 2.76. The van der Waals surface area contributed by atoms with E-state index in [0.717, 1.165) is 19.3 Å². The van der Waals surface area contributed by atoms with Crippen LogP contribution >= 0.6 is 0 Å². The number of allylic oxidation sites excluding steroid dienone is 1. The average Bonchev–Trinajstić information content (AvgIpc) is 3.09. The molecule has 6 nitrogen and oxygen atoms in total. The Morgan fingerprint density at radius 1 is 1.21 bits per heavy atom. The predicted octanol–water partition coefficient (Wildman–Crippen LogP) is 2.11. The summed E-state index contributed by atoms with van der Waals surface area (Å²) in [6.45, 7) is 6.67. The van der Waals surface area contributed by atoms with E-state index >= 15 is 0 Å². The highest BCUT2D eigenvalue weighted by molar-refractivity contribution is 5.67. The number of hydrogen-bond acceptors (Lipinski definition) is 6. The molecule has 24 heavy (non-hydrogen) atoms. The van der Waals surface area contributed by atoms with Crippen molar-refractivity contribution in [2.45, 2.75) is 75.7 Å². The fourth-order valence-corrected chi connectivity index (χ4v) is 5.49. The first-order valence-corrected chi connectivity index (χ1v) is 8.70. The van der Waals surface area contributed by atoms with Gasteiger partial charge in [-0.1, -0.05) is 6.08 Å². The minimum Gasteiger partial charge on any atom is -0.456 e. The molecule has 0 aromatic heterocycles. The summed E-state index contributed by atoms with van der Waals surface area (Å²) in [5.74, 6) is -0.146. The van der Waals surface area contributed by atoms with E-state index in [1.807, 2.05) is 6.08 Å². The van der Waals surface area contributed by atoms with Gasteiger partial charge in [0.05, 0.1) is 18.6 Å². The van der Waals surface area contributed by atoms with E-state index in [-0.39, 0.29) is 30.1 Å². The third kappa shape index (κ3) is 2.23. The number of carbonyl (C=O) groups excluding carboxylic acids is 2. The lowest BCUT2D eigenvalue weighted by atomic mass is 9.70. The van der Waals surface area contributed by atoms with E-state index in [0.29, 0.717) is 18.8 Å². The molecule has 2 aliphatic carbocycles. The Hall–Kier alpha value is -1.40. The molecule has 132 valence electrons. The van der Waals surface area contributed by atoms with Crippen molar-refractivity contribution in [2.24, 2.45) is 11.8 Å². The van der Waals surface area contributed by atoms with E-state index in [1.54, 1.807) is 0 Å². The second-order valence-corrected chi connectivity index (χ2v) is 7.59. The van der Waals surface area contributed by atoms with E-state index in [9.17, 15) is 9.59 Å². The zero-order valence-corrected chi connectivity index (χ0v) is 14.2. The third-order valence-electron chi connectivity index (χ3n) is 6.15. The van der Waals surface area contributed by atoms with Crippen LogP contribution in [0.1, 0.15) is 46.0 Å². The van der Waals surface area contributed by atoms with Gasteiger partial charge in [-0.25, -0.2) is 0 Å². The van der Waals surface area contributed by atoms with Gasteiger partial charge in [-0.05, 0) is 31.1 Å². The van der Waals surface area contributed by atoms with Crippen LogP contribution in [0.25, 0.3) is 0 Å². The molecule has 1 spiro atoms. The molecule has 0 N–H and O–H groups in total. The summed E-state index contributed by atoms with van der Waals surface area (Å²) < 4.78 is 23.3. The Kier molecular flexibility index (Phi) is 3.55. The molecule has 0 bridgehead atoms. The molecular weight excluding hydrogens is 312 g/mol. The molecule has 4 rings (SSSR count). The van der Waals surface area contributed by atoms with Gasteiger partial charge in [-0.3, -0.25) is 9.59 Å². The summed E-state index contributed by atoms with van der Waals surface area (Å²) in [5.41, 5.74) is -1.36. The van der Waals surface area contributed by atoms with Crippen LogP contribution in [0, 0.1) is 11.8 Å². The quantitative estimate of drug-likeness (QED) is 0.445. The van der Waals surface area contributed by atoms with Crippen LogP contribution in [-0.4, -0.2) is 41.6 Å². The van der Waals surface area contributed by atoms with Crippen LogP contribution in [0.15, 0.2) is 12.7 Å². The second kappa shape index (κ2) is 5.30. The summed E-state index contributed by atoms with van der Waals surface area (Å²) in [6, 6.07) is 0. The van der Waals surface area contributed by atoms with Gasteiger partial charge in [0.2, 0.25) is 6.29 Å². The van der Waals surface area contributed by atoms with Crippen molar-refractivity contribution in [1.82, 2.24) is 0 Å². The zero-order chi connectivity index (χ0) is 17.1. The van der Waals surface area contributed by atoms with E-state index in [1.165, 1.54) is 13.8 Å². The molecule has 7 atom stereocenters. The van der Waals surface area contributed by atoms with Crippen LogP contribution in [0.3, 0.4) is 0 Å². The van der Waals surface area contributed by atoms with Crippen molar-refractivity contribution in [3.05, 3.63) is 12.7 Å². The first-order valence-electron chi connectivity index (χ1n) is 8.70. The SMILES string of the molecule is C=CC[C@@H]1C[C@]2(OC(C)=O)C[C@@H](OC(C)=O)O[C@@]23C[C@@H]2O[C@@H]2C[C@H]13. The van der Waals surface area contributed by atoms with Crippen LogP contribution in [0.5, 0.6) is 0 Å². The van der Waals surface area contributed by atoms with Crippen molar-refractivity contribution < 1.29 is 28.5 Å². The number of rotatable bonds is 4. The highest BCUT2D eigenvalue weighted by atomic mass is 16.7. The molecule has 2 heterocycles. The summed E-state index contributed by atoms with van der Waals surface area (Å²) in [7, 11) is 0. The lowest BCUT2D eigenvalue weighted by molar-refractivity contribution is -0.214. The molecule has 4 aliphatic rings. The Labute approximate surface area is 141 Å². The zero-order valence-electron chi connectivity index (χ0n) is 14.2. The number of hydrogen-bond donors (Lipinski definition) is 0. The second-order valence-electron chi connectivity index (χ2n) is 7.59. The highest BCUT2D eigenvalue weighted by Crippen LogP contribution is 2.66. The van der Waals surface area contributed by atoms with Crippen molar-refractivity contribution in [1.29, 1.82) is 0 Å². The van der Waals surface area contributed by atoms with Gasteiger partial charge in [0, 0.05) is 20.3 Å². The van der Waals surface area contributed by atoms with Crippen molar-refractivity contribution in [2.75, 3.05) is 0 Å². The molecule has 0 aromatic rings. The third-order valence-corrected chi connectivity index (χ3v) is 6.15. The van der Waals surface area contributed by atoms with Crippen LogP contribution in [-0.2, 0) is 28.5 Å². The smallest absolute Gasteiger partial charge is 0.304 e. The largest absolute Gasteiger partial charge is 0.456 e. The molecule has 0 radical (unpaired) electrons. The topological polar surface area (TPSA) is 74.4 Å². The van der Waals surface area contributed by atoms with Crippen molar-refractivity contribution >= 4 is 11.9 Å². The molecule has 6 heteroatoms. The first kappa shape index (κ1) is 16.1. The summed E-state index contributed by atoms with van der Waals surface area (Å²) in [6.07, 6.45) is 5.28. The monoisotopic (exact) mass is 336 g/mol. The number of fused-ring (bicyclic) bond motifs is 1. The molecule has 0 aromatic carbocycles. The fourth-order valence-electron chi connectivity index (χ4n) is 5.49. The van der Waals surface area contributed by atoms with Gasteiger partial charge in [0.25, 0.3) is 0 Å². The lowest BCUT2D eigenvalue weighted by Gasteiger charge is -2.43. The molecule has 0 unspecified atom stereocenters. The lowest BCUT2D eigenvalue weighted by Crippen LogP contribution is -2.55. The maximum absolute atomic E-state index is 11.9. The Balaban J connectivity index is 1.71. The van der Waals surface area contributed by atoms with Gasteiger partial charge in [-0.2, -0.15) is 0 Å². The van der Waals surface area contributed by atoms with E-state index < -0.39 is 17.5 Å². The Bertz CT molecular complexity index is 588. The number of esters is 2. The maximum atomic E-state index is 11.9. The molecule has 2 saturated heterocycles. The van der Waals surface area contributed by atoms with Gasteiger partial charge in [0.1, 0.15) is 11.2 Å². The Morgan fingerprint density at radius 3 is 2.67 bits per heavy atom. The van der Waals surface area contributed by atoms with Crippen LogP contribution < -0.4 is 0 Å². The van der Waals surface area contributed by atoms with Crippen molar-refractivity contribution in [3.8, 4) is 0 Å². The minimum atomic E-state index is -0.742.